The zero-order chi connectivity index (χ0) is 16.9. The van der Waals surface area contributed by atoms with Crippen LogP contribution >= 0.6 is 0 Å². The number of aromatic nitrogens is 3. The molecule has 2 aromatic rings. The van der Waals surface area contributed by atoms with Crippen LogP contribution in [0.2, 0.25) is 0 Å². The molecule has 1 heterocycles. The van der Waals surface area contributed by atoms with Gasteiger partial charge in [-0.15, -0.1) is 5.10 Å². The summed E-state index contributed by atoms with van der Waals surface area (Å²) in [7, 11) is 1.36. The molecular formula is C17H23N3O3. The maximum atomic E-state index is 12.1. The number of methoxy groups -OCH3 is 1. The fourth-order valence-corrected chi connectivity index (χ4v) is 2.32. The fraction of sp³-hybridized carbons (Fsp3) is 0.471. The van der Waals surface area contributed by atoms with E-state index in [9.17, 15) is 9.90 Å². The van der Waals surface area contributed by atoms with E-state index in [1.165, 1.54) is 11.8 Å². The van der Waals surface area contributed by atoms with Gasteiger partial charge in [0.1, 0.15) is 0 Å². The summed E-state index contributed by atoms with van der Waals surface area (Å²) in [4.78, 5) is 12.1. The number of esters is 1. The maximum absolute atomic E-state index is 12.1. The van der Waals surface area contributed by atoms with E-state index in [4.69, 9.17) is 4.74 Å². The van der Waals surface area contributed by atoms with Crippen molar-refractivity contribution in [2.45, 2.75) is 44.8 Å². The van der Waals surface area contributed by atoms with Gasteiger partial charge >= 0.3 is 5.97 Å². The van der Waals surface area contributed by atoms with Gasteiger partial charge in [-0.1, -0.05) is 42.5 Å². The number of carbonyl (C=O) groups is 1. The lowest BCUT2D eigenvalue weighted by Crippen LogP contribution is -2.26. The van der Waals surface area contributed by atoms with E-state index in [1.54, 1.807) is 13.1 Å². The highest BCUT2D eigenvalue weighted by molar-refractivity contribution is 5.74. The molecule has 0 saturated heterocycles. The number of hydrogen-bond donors (Lipinski definition) is 1. The summed E-state index contributed by atoms with van der Waals surface area (Å²) in [5.41, 5.74) is 0.834. The number of hydrogen-bond acceptors (Lipinski definition) is 5. The quantitative estimate of drug-likeness (QED) is 0.790. The Hall–Kier alpha value is -2.21. The molecule has 0 aliphatic rings. The van der Waals surface area contributed by atoms with Crippen LogP contribution in [0.5, 0.6) is 0 Å². The molecule has 0 fully saturated rings. The molecule has 23 heavy (non-hydrogen) atoms. The molecule has 2 rings (SSSR count). The number of carbonyl (C=O) groups excluding carboxylic acids is 1. The molecule has 0 radical (unpaired) electrons. The van der Waals surface area contributed by atoms with Crippen LogP contribution < -0.4 is 0 Å². The summed E-state index contributed by atoms with van der Waals surface area (Å²) >= 11 is 0. The van der Waals surface area contributed by atoms with E-state index in [0.717, 1.165) is 5.56 Å². The second-order valence-electron chi connectivity index (χ2n) is 5.95. The van der Waals surface area contributed by atoms with E-state index in [-0.39, 0.29) is 5.97 Å². The average Bonchev–Trinajstić information content (AvgIpc) is 3.00. The fourth-order valence-electron chi connectivity index (χ4n) is 2.32. The molecule has 6 nitrogen and oxygen atoms in total. The minimum Gasteiger partial charge on any atom is -0.467 e. The molecule has 1 aromatic carbocycles. The van der Waals surface area contributed by atoms with Crippen LogP contribution in [0.4, 0.5) is 0 Å². The Morgan fingerprint density at radius 1 is 1.39 bits per heavy atom. The lowest BCUT2D eigenvalue weighted by Gasteiger charge is -2.19. The van der Waals surface area contributed by atoms with Gasteiger partial charge in [0.05, 0.1) is 18.4 Å². The predicted molar refractivity (Wildman–Crippen MR) is 85.8 cm³/mol. The van der Waals surface area contributed by atoms with Gasteiger partial charge < -0.3 is 9.84 Å². The Labute approximate surface area is 136 Å². The zero-order valence-electron chi connectivity index (χ0n) is 13.8. The summed E-state index contributed by atoms with van der Waals surface area (Å²) in [5.74, 6) is -0.368. The first-order valence-corrected chi connectivity index (χ1v) is 7.70. The highest BCUT2D eigenvalue weighted by atomic mass is 16.5. The van der Waals surface area contributed by atoms with E-state index in [2.05, 4.69) is 10.3 Å². The summed E-state index contributed by atoms with van der Waals surface area (Å²) in [5, 5.41) is 18.3. The van der Waals surface area contributed by atoms with Gasteiger partial charge in [-0.2, -0.15) is 0 Å². The van der Waals surface area contributed by atoms with Gasteiger partial charge in [0.15, 0.2) is 6.04 Å². The van der Waals surface area contributed by atoms with Crippen LogP contribution in [0.3, 0.4) is 0 Å². The maximum Gasteiger partial charge on any atom is 0.331 e. The van der Waals surface area contributed by atoms with Crippen molar-refractivity contribution in [2.75, 3.05) is 7.11 Å². The summed E-state index contributed by atoms with van der Waals surface area (Å²) in [6, 6.07) is 9.11. The normalized spacial score (nSPS) is 15.0. The largest absolute Gasteiger partial charge is 0.467 e. The Kier molecular flexibility index (Phi) is 5.50. The van der Waals surface area contributed by atoms with Crippen LogP contribution in [0.25, 0.3) is 0 Å². The molecule has 0 aliphatic heterocycles. The minimum atomic E-state index is -0.832. The number of nitrogens with zero attached hydrogens (tertiary/aromatic N) is 3. The lowest BCUT2D eigenvalue weighted by atomic mass is 9.98. The third kappa shape index (κ3) is 4.63. The van der Waals surface area contributed by atoms with Gasteiger partial charge in [0.25, 0.3) is 0 Å². The van der Waals surface area contributed by atoms with Crippen molar-refractivity contribution in [3.05, 3.63) is 47.8 Å². The highest BCUT2D eigenvalue weighted by Gasteiger charge is 2.25. The smallest absolute Gasteiger partial charge is 0.331 e. The number of ether oxygens (including phenoxy) is 1. The monoisotopic (exact) mass is 317 g/mol. The van der Waals surface area contributed by atoms with Gasteiger partial charge in [-0.05, 0) is 18.9 Å². The van der Waals surface area contributed by atoms with Gasteiger partial charge in [-0.3, -0.25) is 0 Å². The van der Waals surface area contributed by atoms with Crippen LogP contribution in [0.1, 0.15) is 37.6 Å². The van der Waals surface area contributed by atoms with Crippen LogP contribution in [0.15, 0.2) is 36.5 Å². The third-order valence-corrected chi connectivity index (χ3v) is 3.95. The molecular weight excluding hydrogens is 294 g/mol. The van der Waals surface area contributed by atoms with E-state index in [1.807, 2.05) is 37.3 Å². The van der Waals surface area contributed by atoms with E-state index in [0.29, 0.717) is 25.0 Å². The van der Waals surface area contributed by atoms with Crippen LogP contribution in [-0.2, 0) is 22.4 Å². The molecule has 124 valence electrons. The SMILES string of the molecule is CC[C@](C)(O)Cc1cn([C@H](Cc2ccccc2)C(=O)OC)nn1. The molecule has 0 aliphatic carbocycles. The number of rotatable bonds is 7. The van der Waals surface area contributed by atoms with Crippen molar-refractivity contribution in [2.24, 2.45) is 0 Å². The predicted octanol–water partition coefficient (Wildman–Crippen LogP) is 1.94. The lowest BCUT2D eigenvalue weighted by molar-refractivity contribution is -0.144. The van der Waals surface area contributed by atoms with Crippen molar-refractivity contribution in [1.29, 1.82) is 0 Å². The first kappa shape index (κ1) is 17.1. The Balaban J connectivity index is 2.20. The van der Waals surface area contributed by atoms with Crippen molar-refractivity contribution in [3.8, 4) is 0 Å². The first-order chi connectivity index (χ1) is 10.9. The summed E-state index contributed by atoms with van der Waals surface area (Å²) in [6.45, 7) is 3.67. The van der Waals surface area contributed by atoms with Crippen LogP contribution in [-0.4, -0.2) is 38.8 Å². The molecule has 1 aromatic heterocycles. The standard InChI is InChI=1S/C17H23N3O3/c1-4-17(2,22)11-14-12-20(19-18-14)15(16(21)23-3)10-13-8-6-5-7-9-13/h5-9,12,15,22H,4,10-11H2,1-3H3/t15-,17+/m1/s1. The molecule has 2 atom stereocenters. The van der Waals surface area contributed by atoms with Crippen LogP contribution in [0, 0.1) is 0 Å². The second-order valence-corrected chi connectivity index (χ2v) is 5.95. The Bertz CT molecular complexity index is 638. The molecule has 0 amide bonds. The molecule has 1 N–H and O–H groups in total. The molecule has 0 bridgehead atoms. The zero-order valence-corrected chi connectivity index (χ0v) is 13.8. The first-order valence-electron chi connectivity index (χ1n) is 7.70. The van der Waals surface area contributed by atoms with Gasteiger partial charge in [0.2, 0.25) is 0 Å². The molecule has 0 saturated carbocycles. The summed E-state index contributed by atoms with van der Waals surface area (Å²) < 4.78 is 6.41. The average molecular weight is 317 g/mol. The molecule has 0 spiro atoms. The van der Waals surface area contributed by atoms with Crippen molar-refractivity contribution < 1.29 is 14.6 Å². The highest BCUT2D eigenvalue weighted by Crippen LogP contribution is 2.18. The summed E-state index contributed by atoms with van der Waals surface area (Å²) in [6.07, 6.45) is 3.18. The minimum absolute atomic E-state index is 0.368. The van der Waals surface area contributed by atoms with E-state index >= 15 is 0 Å². The molecule has 6 heteroatoms. The third-order valence-electron chi connectivity index (χ3n) is 3.95. The number of aliphatic hydroxyl groups is 1. The van der Waals surface area contributed by atoms with E-state index < -0.39 is 11.6 Å². The Morgan fingerprint density at radius 2 is 2.09 bits per heavy atom. The van der Waals surface area contributed by atoms with Crippen molar-refractivity contribution in [3.63, 3.8) is 0 Å². The molecule has 0 unspecified atom stereocenters. The van der Waals surface area contributed by atoms with Crippen molar-refractivity contribution >= 4 is 5.97 Å². The van der Waals surface area contributed by atoms with Crippen molar-refractivity contribution in [1.82, 2.24) is 15.0 Å². The van der Waals surface area contributed by atoms with Gasteiger partial charge in [0, 0.05) is 19.0 Å². The topological polar surface area (TPSA) is 77.2 Å². The van der Waals surface area contributed by atoms with Gasteiger partial charge in [-0.25, -0.2) is 9.48 Å². The second kappa shape index (κ2) is 7.37. The number of benzene rings is 1. The Morgan fingerprint density at radius 3 is 2.70 bits per heavy atom.